The summed E-state index contributed by atoms with van der Waals surface area (Å²) < 4.78 is 11.0. The third-order valence-corrected chi connectivity index (χ3v) is 5.26. The molecule has 0 saturated carbocycles. The number of ether oxygens (including phenoxy) is 2. The second-order valence-electron chi connectivity index (χ2n) is 6.45. The first-order chi connectivity index (χ1) is 12.5. The van der Waals surface area contributed by atoms with Gasteiger partial charge in [-0.05, 0) is 25.3 Å². The van der Waals surface area contributed by atoms with Crippen molar-refractivity contribution in [1.82, 2.24) is 9.88 Å². The molecule has 8 heteroatoms. The van der Waals surface area contributed by atoms with E-state index in [0.717, 1.165) is 5.56 Å². The average molecular weight is 395 g/mol. The number of amides is 1. The summed E-state index contributed by atoms with van der Waals surface area (Å²) in [6.07, 6.45) is 0.903. The highest BCUT2D eigenvalue weighted by Crippen LogP contribution is 2.32. The number of rotatable bonds is 4. The molecule has 3 rings (SSSR count). The van der Waals surface area contributed by atoms with Crippen LogP contribution in [0.4, 0.5) is 4.79 Å². The number of carbonyl (C=O) groups is 2. The van der Waals surface area contributed by atoms with Crippen molar-refractivity contribution in [3.8, 4) is 5.88 Å². The molecule has 0 radical (unpaired) electrons. The van der Waals surface area contributed by atoms with E-state index < -0.39 is 17.5 Å². The second-order valence-corrected chi connectivity index (χ2v) is 7.89. The summed E-state index contributed by atoms with van der Waals surface area (Å²) in [6.45, 7) is 2.80. The van der Waals surface area contributed by atoms with E-state index in [9.17, 15) is 9.59 Å². The van der Waals surface area contributed by atoms with Gasteiger partial charge in [0.2, 0.25) is 5.88 Å². The lowest BCUT2D eigenvalue weighted by Gasteiger charge is -2.37. The molecule has 1 aromatic heterocycles. The lowest BCUT2D eigenvalue weighted by molar-refractivity contribution is -0.148. The number of hydrogen-bond donors (Lipinski definition) is 0. The highest BCUT2D eigenvalue weighted by atomic mass is 35.5. The predicted molar refractivity (Wildman–Crippen MR) is 98.3 cm³/mol. The van der Waals surface area contributed by atoms with Gasteiger partial charge in [0, 0.05) is 13.1 Å². The molecular formula is C18H19ClN2O4S. The molecule has 138 valence electrons. The van der Waals surface area contributed by atoms with Crippen LogP contribution < -0.4 is 4.74 Å². The van der Waals surface area contributed by atoms with Gasteiger partial charge in [-0.3, -0.25) is 4.79 Å². The summed E-state index contributed by atoms with van der Waals surface area (Å²) >= 11 is 6.96. The second kappa shape index (κ2) is 8.05. The molecular weight excluding hydrogens is 376 g/mol. The van der Waals surface area contributed by atoms with Crippen LogP contribution in [-0.2, 0) is 16.1 Å². The Morgan fingerprint density at radius 1 is 1.35 bits per heavy atom. The van der Waals surface area contributed by atoms with E-state index in [4.69, 9.17) is 21.1 Å². The van der Waals surface area contributed by atoms with Crippen molar-refractivity contribution in [2.24, 2.45) is 5.41 Å². The molecule has 6 nitrogen and oxygen atoms in total. The molecule has 1 unspecified atom stereocenters. The number of piperidine rings is 1. The maximum atomic E-state index is 12.6. The Kier molecular flexibility index (Phi) is 5.78. The van der Waals surface area contributed by atoms with Gasteiger partial charge in [0.05, 0.1) is 10.8 Å². The minimum Gasteiger partial charge on any atom is -0.445 e. The summed E-state index contributed by atoms with van der Waals surface area (Å²) in [5.41, 5.74) is 0.112. The Morgan fingerprint density at radius 3 is 2.81 bits per heavy atom. The molecule has 0 aliphatic carbocycles. The van der Waals surface area contributed by atoms with Crippen molar-refractivity contribution in [3.63, 3.8) is 0 Å². The van der Waals surface area contributed by atoms with E-state index in [2.05, 4.69) is 4.98 Å². The van der Waals surface area contributed by atoms with Crippen LogP contribution in [0.15, 0.2) is 35.7 Å². The molecule has 2 heterocycles. The number of hydrogen-bond acceptors (Lipinski definition) is 6. The van der Waals surface area contributed by atoms with Crippen LogP contribution in [0.25, 0.3) is 0 Å². The molecule has 1 aromatic carbocycles. The van der Waals surface area contributed by atoms with Crippen molar-refractivity contribution >= 4 is 35.0 Å². The van der Waals surface area contributed by atoms with Gasteiger partial charge >= 0.3 is 12.1 Å². The lowest BCUT2D eigenvalue weighted by Crippen LogP contribution is -2.49. The number of nitrogens with zero attached hydrogens (tertiary/aromatic N) is 2. The highest BCUT2D eigenvalue weighted by Gasteiger charge is 2.41. The first kappa shape index (κ1) is 18.7. The van der Waals surface area contributed by atoms with E-state index in [1.54, 1.807) is 17.2 Å². The van der Waals surface area contributed by atoms with Gasteiger partial charge in [0.15, 0.2) is 4.47 Å². The quantitative estimate of drug-likeness (QED) is 0.729. The molecule has 0 bridgehead atoms. The third-order valence-electron chi connectivity index (χ3n) is 4.30. The van der Waals surface area contributed by atoms with Crippen molar-refractivity contribution in [1.29, 1.82) is 0 Å². The van der Waals surface area contributed by atoms with Gasteiger partial charge < -0.3 is 14.4 Å². The maximum absolute atomic E-state index is 12.6. The number of likely N-dealkylation sites (tertiary alicyclic amines) is 1. The topological polar surface area (TPSA) is 68.7 Å². The van der Waals surface area contributed by atoms with E-state index in [0.29, 0.717) is 23.9 Å². The van der Waals surface area contributed by atoms with Crippen molar-refractivity contribution in [2.75, 3.05) is 13.1 Å². The maximum Gasteiger partial charge on any atom is 0.410 e. The fraction of sp³-hybridized carbons (Fsp3) is 0.389. The van der Waals surface area contributed by atoms with E-state index >= 15 is 0 Å². The first-order valence-corrected chi connectivity index (χ1v) is 9.51. The lowest BCUT2D eigenvalue weighted by atomic mass is 9.82. The van der Waals surface area contributed by atoms with Crippen LogP contribution in [0.1, 0.15) is 25.3 Å². The van der Waals surface area contributed by atoms with Gasteiger partial charge in [0.1, 0.15) is 6.61 Å². The van der Waals surface area contributed by atoms with Crippen LogP contribution in [0.5, 0.6) is 5.88 Å². The number of aromatic nitrogens is 1. The van der Waals surface area contributed by atoms with Crippen LogP contribution in [0.3, 0.4) is 0 Å². The zero-order chi connectivity index (χ0) is 18.6. The van der Waals surface area contributed by atoms with Gasteiger partial charge in [0.25, 0.3) is 0 Å². The molecule has 1 fully saturated rings. The largest absolute Gasteiger partial charge is 0.445 e. The minimum atomic E-state index is -0.805. The van der Waals surface area contributed by atoms with Crippen molar-refractivity contribution < 1.29 is 19.1 Å². The van der Waals surface area contributed by atoms with Gasteiger partial charge in [-0.2, -0.15) is 4.98 Å². The fourth-order valence-electron chi connectivity index (χ4n) is 2.88. The van der Waals surface area contributed by atoms with Crippen molar-refractivity contribution in [2.45, 2.75) is 26.4 Å². The summed E-state index contributed by atoms with van der Waals surface area (Å²) in [5, 5.41) is 1.58. The summed E-state index contributed by atoms with van der Waals surface area (Å²) in [6, 6.07) is 9.47. The van der Waals surface area contributed by atoms with Crippen LogP contribution in [0.2, 0.25) is 4.47 Å². The number of benzene rings is 1. The first-order valence-electron chi connectivity index (χ1n) is 8.25. The van der Waals surface area contributed by atoms with Gasteiger partial charge in [-0.15, -0.1) is 11.3 Å². The average Bonchev–Trinajstić information content (AvgIpc) is 3.05. The third kappa shape index (κ3) is 4.53. The Bertz CT molecular complexity index is 783. The Labute approximate surface area is 160 Å². The minimum absolute atomic E-state index is 0.190. The van der Waals surface area contributed by atoms with E-state index in [1.165, 1.54) is 11.3 Å². The van der Waals surface area contributed by atoms with Crippen LogP contribution in [0, 0.1) is 5.41 Å². The molecule has 2 aromatic rings. The van der Waals surface area contributed by atoms with Crippen molar-refractivity contribution in [3.05, 3.63) is 45.7 Å². The number of esters is 1. The zero-order valence-electron chi connectivity index (χ0n) is 14.3. The molecule has 1 saturated heterocycles. The molecule has 1 aliphatic heterocycles. The number of carbonyl (C=O) groups excluding carboxylic acids is 2. The summed E-state index contributed by atoms with van der Waals surface area (Å²) in [7, 11) is 0. The van der Waals surface area contributed by atoms with Crippen LogP contribution in [-0.4, -0.2) is 35.0 Å². The Morgan fingerprint density at radius 2 is 2.12 bits per heavy atom. The Balaban J connectivity index is 1.58. The molecule has 1 atom stereocenters. The monoisotopic (exact) mass is 394 g/mol. The fourth-order valence-corrected chi connectivity index (χ4v) is 3.53. The van der Waals surface area contributed by atoms with Gasteiger partial charge in [-0.1, -0.05) is 41.9 Å². The SMILES string of the molecule is CC1(C(=O)Oc2csc(Cl)n2)CCCN(C(=O)OCc2ccccc2)C1. The Hall–Kier alpha value is -2.12. The molecule has 26 heavy (non-hydrogen) atoms. The molecule has 1 amide bonds. The predicted octanol–water partition coefficient (Wildman–Crippen LogP) is 4.14. The van der Waals surface area contributed by atoms with E-state index in [-0.39, 0.29) is 19.0 Å². The normalized spacial score (nSPS) is 19.8. The highest BCUT2D eigenvalue weighted by molar-refractivity contribution is 7.14. The molecule has 0 spiro atoms. The summed E-state index contributed by atoms with van der Waals surface area (Å²) in [5.74, 6) is -0.227. The molecule has 0 N–H and O–H groups in total. The standard InChI is InChI=1S/C18H19ClN2O4S/c1-18(15(22)25-14-11-26-16(19)20-14)8-5-9-21(12-18)17(23)24-10-13-6-3-2-4-7-13/h2-4,6-7,11H,5,8-10,12H2,1H3. The zero-order valence-corrected chi connectivity index (χ0v) is 15.9. The number of thiazole rings is 1. The van der Waals surface area contributed by atoms with E-state index in [1.807, 2.05) is 30.3 Å². The van der Waals surface area contributed by atoms with Crippen LogP contribution >= 0.6 is 22.9 Å². The number of halogens is 1. The van der Waals surface area contributed by atoms with Gasteiger partial charge in [-0.25, -0.2) is 4.79 Å². The molecule has 1 aliphatic rings. The smallest absolute Gasteiger partial charge is 0.410 e. The summed E-state index contributed by atoms with van der Waals surface area (Å²) in [4.78, 5) is 30.4.